The lowest BCUT2D eigenvalue weighted by Gasteiger charge is -2.29. The van der Waals surface area contributed by atoms with Gasteiger partial charge in [0.05, 0.1) is 0 Å². The Labute approximate surface area is 155 Å². The molecule has 7 heteroatoms. The number of allylic oxidation sites excluding steroid dienone is 1. The number of anilines is 1. The molecule has 27 heavy (non-hydrogen) atoms. The lowest BCUT2D eigenvalue weighted by atomic mass is 9.80. The van der Waals surface area contributed by atoms with Crippen molar-refractivity contribution >= 4 is 11.6 Å². The third kappa shape index (κ3) is 4.31. The van der Waals surface area contributed by atoms with E-state index in [4.69, 9.17) is 11.5 Å². The summed E-state index contributed by atoms with van der Waals surface area (Å²) >= 11 is 0. The van der Waals surface area contributed by atoms with E-state index < -0.39 is 35.3 Å². The maximum atomic E-state index is 14.0. The average Bonchev–Trinajstić information content (AvgIpc) is 2.64. The molecule has 0 fully saturated rings. The lowest BCUT2D eigenvalue weighted by Crippen LogP contribution is -2.33. The molecule has 0 radical (unpaired) electrons. The van der Waals surface area contributed by atoms with Gasteiger partial charge in [0.1, 0.15) is 5.82 Å². The van der Waals surface area contributed by atoms with E-state index in [1.807, 2.05) is 6.08 Å². The van der Waals surface area contributed by atoms with Gasteiger partial charge < -0.3 is 16.8 Å². The number of carbonyl (C=O) groups excluding carboxylic acids is 1. The summed E-state index contributed by atoms with van der Waals surface area (Å²) < 4.78 is 40.6. The van der Waals surface area contributed by atoms with Crippen molar-refractivity contribution in [3.8, 4) is 0 Å². The fourth-order valence-corrected chi connectivity index (χ4v) is 3.29. The number of halogens is 3. The minimum Gasteiger partial charge on any atom is -0.381 e. The largest absolute Gasteiger partial charge is 0.381 e. The van der Waals surface area contributed by atoms with Crippen molar-refractivity contribution in [2.45, 2.75) is 24.8 Å². The summed E-state index contributed by atoms with van der Waals surface area (Å²) in [5, 5.41) is 3.22. The highest BCUT2D eigenvalue weighted by molar-refractivity contribution is 5.93. The topological polar surface area (TPSA) is 81.1 Å². The van der Waals surface area contributed by atoms with Gasteiger partial charge in [0.2, 0.25) is 5.91 Å². The van der Waals surface area contributed by atoms with E-state index in [0.717, 1.165) is 17.3 Å². The Kier molecular flexibility index (Phi) is 5.51. The minimum atomic E-state index is -1.21. The van der Waals surface area contributed by atoms with E-state index >= 15 is 0 Å². The van der Waals surface area contributed by atoms with Gasteiger partial charge in [-0.3, -0.25) is 4.79 Å². The van der Waals surface area contributed by atoms with Crippen LogP contribution in [0.25, 0.3) is 0 Å². The average molecular weight is 375 g/mol. The van der Waals surface area contributed by atoms with Crippen LogP contribution < -0.4 is 16.8 Å². The molecule has 142 valence electrons. The molecule has 1 aliphatic carbocycles. The van der Waals surface area contributed by atoms with Crippen molar-refractivity contribution in [3.05, 3.63) is 76.6 Å². The standard InChI is InChI=1S/C20H20F3N3O/c21-16-9-18(23)17(22)8-15(16)14-6-1-11(7-19(14)24)10-26-13-4-2-12(3-5-13)20(25)27/h1-5,8-9,14,19,26H,6-7,10,24H2,(H2,25,27). The molecule has 3 rings (SSSR count). The molecule has 0 saturated heterocycles. The highest BCUT2D eigenvalue weighted by Gasteiger charge is 2.27. The van der Waals surface area contributed by atoms with Crippen LogP contribution in [-0.4, -0.2) is 18.5 Å². The van der Waals surface area contributed by atoms with Gasteiger partial charge in [0, 0.05) is 35.8 Å². The summed E-state index contributed by atoms with van der Waals surface area (Å²) in [6.07, 6.45) is 2.90. The summed E-state index contributed by atoms with van der Waals surface area (Å²) in [7, 11) is 0. The van der Waals surface area contributed by atoms with Gasteiger partial charge >= 0.3 is 0 Å². The summed E-state index contributed by atoms with van der Waals surface area (Å²) in [6.45, 7) is 0.538. The second-order valence-electron chi connectivity index (χ2n) is 6.66. The molecule has 0 spiro atoms. The first kappa shape index (κ1) is 19.0. The fraction of sp³-hybridized carbons (Fsp3) is 0.250. The molecule has 1 amide bonds. The minimum absolute atomic E-state index is 0.103. The van der Waals surface area contributed by atoms with Crippen LogP contribution in [0.3, 0.4) is 0 Å². The van der Waals surface area contributed by atoms with E-state index in [2.05, 4.69) is 5.32 Å². The van der Waals surface area contributed by atoms with E-state index in [0.29, 0.717) is 31.0 Å². The molecule has 0 saturated carbocycles. The summed E-state index contributed by atoms with van der Waals surface area (Å²) in [6, 6.07) is 7.83. The predicted molar refractivity (Wildman–Crippen MR) is 97.8 cm³/mol. The molecule has 2 unspecified atom stereocenters. The van der Waals surface area contributed by atoms with Crippen LogP contribution in [0.15, 0.2) is 48.0 Å². The van der Waals surface area contributed by atoms with Crippen LogP contribution in [-0.2, 0) is 0 Å². The van der Waals surface area contributed by atoms with Crippen LogP contribution in [0.4, 0.5) is 18.9 Å². The van der Waals surface area contributed by atoms with Gasteiger partial charge in [-0.15, -0.1) is 0 Å². The number of rotatable bonds is 5. The van der Waals surface area contributed by atoms with Gasteiger partial charge in [-0.25, -0.2) is 13.2 Å². The zero-order chi connectivity index (χ0) is 19.6. The number of nitrogens with two attached hydrogens (primary N) is 2. The maximum Gasteiger partial charge on any atom is 0.248 e. The molecule has 0 bridgehead atoms. The van der Waals surface area contributed by atoms with Crippen LogP contribution in [0, 0.1) is 17.5 Å². The van der Waals surface area contributed by atoms with Gasteiger partial charge in [0.25, 0.3) is 0 Å². The number of nitrogens with one attached hydrogen (secondary N) is 1. The molecule has 0 heterocycles. The van der Waals surface area contributed by atoms with Crippen LogP contribution >= 0.6 is 0 Å². The molecule has 5 N–H and O–H groups in total. The molecule has 2 atom stereocenters. The monoisotopic (exact) mass is 375 g/mol. The van der Waals surface area contributed by atoms with E-state index in [-0.39, 0.29) is 5.56 Å². The lowest BCUT2D eigenvalue weighted by molar-refractivity contribution is 0.100. The van der Waals surface area contributed by atoms with Crippen molar-refractivity contribution in [2.24, 2.45) is 11.5 Å². The Morgan fingerprint density at radius 3 is 2.37 bits per heavy atom. The first-order valence-corrected chi connectivity index (χ1v) is 8.57. The zero-order valence-corrected chi connectivity index (χ0v) is 14.5. The fourth-order valence-electron chi connectivity index (χ4n) is 3.29. The quantitative estimate of drug-likeness (QED) is 0.553. The van der Waals surface area contributed by atoms with Gasteiger partial charge in [-0.1, -0.05) is 11.6 Å². The van der Waals surface area contributed by atoms with Gasteiger partial charge in [-0.05, 0) is 48.7 Å². The van der Waals surface area contributed by atoms with E-state index in [1.54, 1.807) is 24.3 Å². The molecule has 1 aliphatic rings. The molecule has 2 aromatic rings. The Morgan fingerprint density at radius 2 is 1.74 bits per heavy atom. The van der Waals surface area contributed by atoms with Gasteiger partial charge in [0.15, 0.2) is 11.6 Å². The molecular formula is C20H20F3N3O. The molecular weight excluding hydrogens is 355 g/mol. The Bertz CT molecular complexity index is 881. The van der Waals surface area contributed by atoms with Crippen molar-refractivity contribution in [3.63, 3.8) is 0 Å². The number of amides is 1. The molecule has 0 aliphatic heterocycles. The number of carbonyl (C=O) groups is 1. The maximum absolute atomic E-state index is 14.0. The third-order valence-electron chi connectivity index (χ3n) is 4.80. The Morgan fingerprint density at radius 1 is 1.07 bits per heavy atom. The number of hydrogen-bond acceptors (Lipinski definition) is 3. The van der Waals surface area contributed by atoms with Crippen molar-refractivity contribution in [1.29, 1.82) is 0 Å². The summed E-state index contributed by atoms with van der Waals surface area (Å²) in [4.78, 5) is 11.1. The first-order chi connectivity index (χ1) is 12.8. The SMILES string of the molecule is NC(=O)c1ccc(NCC2=CCC(c3cc(F)c(F)cc3F)C(N)C2)cc1. The van der Waals surface area contributed by atoms with Crippen LogP contribution in [0.1, 0.15) is 34.7 Å². The van der Waals surface area contributed by atoms with E-state index in [9.17, 15) is 18.0 Å². The Hall–Kier alpha value is -2.80. The summed E-state index contributed by atoms with van der Waals surface area (Å²) in [5.74, 6) is -3.95. The number of primary amides is 1. The van der Waals surface area contributed by atoms with Crippen LogP contribution in [0.2, 0.25) is 0 Å². The Balaban J connectivity index is 1.65. The predicted octanol–water partition coefficient (Wildman–Crippen LogP) is 3.45. The number of hydrogen-bond donors (Lipinski definition) is 3. The van der Waals surface area contributed by atoms with Crippen molar-refractivity contribution < 1.29 is 18.0 Å². The zero-order valence-electron chi connectivity index (χ0n) is 14.5. The first-order valence-electron chi connectivity index (χ1n) is 8.57. The summed E-state index contributed by atoms with van der Waals surface area (Å²) in [5.41, 5.74) is 13.8. The molecule has 0 aromatic heterocycles. The second kappa shape index (κ2) is 7.84. The highest BCUT2D eigenvalue weighted by Crippen LogP contribution is 2.33. The second-order valence-corrected chi connectivity index (χ2v) is 6.66. The van der Waals surface area contributed by atoms with Gasteiger partial charge in [-0.2, -0.15) is 0 Å². The van der Waals surface area contributed by atoms with Crippen molar-refractivity contribution in [2.75, 3.05) is 11.9 Å². The smallest absolute Gasteiger partial charge is 0.248 e. The van der Waals surface area contributed by atoms with E-state index in [1.165, 1.54) is 0 Å². The normalized spacial score (nSPS) is 19.5. The molecule has 4 nitrogen and oxygen atoms in total. The highest BCUT2D eigenvalue weighted by atomic mass is 19.2. The number of benzene rings is 2. The third-order valence-corrected chi connectivity index (χ3v) is 4.80. The van der Waals surface area contributed by atoms with Crippen LogP contribution in [0.5, 0.6) is 0 Å². The molecule has 2 aromatic carbocycles. The van der Waals surface area contributed by atoms with Crippen molar-refractivity contribution in [1.82, 2.24) is 0 Å².